The van der Waals surface area contributed by atoms with Crippen LogP contribution in [0.3, 0.4) is 0 Å². The molecule has 0 spiro atoms. The average molecular weight is 441 g/mol. The van der Waals surface area contributed by atoms with E-state index in [0.717, 1.165) is 6.26 Å². The molecular formula is C23H24N2O5S. The number of carbonyl (C=O) groups is 1. The minimum Gasteiger partial charge on any atom is -0.493 e. The fraction of sp³-hybridized carbons (Fsp3) is 0.217. The third-order valence-corrected chi connectivity index (χ3v) is 6.10. The molecule has 7 nitrogen and oxygen atoms in total. The van der Waals surface area contributed by atoms with E-state index >= 15 is 0 Å². The number of benzene rings is 2. The minimum atomic E-state index is -3.57. The van der Waals surface area contributed by atoms with E-state index in [4.69, 9.17) is 4.74 Å². The molecule has 0 unspecified atom stereocenters. The molecule has 0 fully saturated rings. The molecule has 1 heterocycles. The van der Waals surface area contributed by atoms with E-state index in [1.165, 1.54) is 12.1 Å². The number of aromatic amines is 1. The van der Waals surface area contributed by atoms with E-state index in [9.17, 15) is 18.3 Å². The Morgan fingerprint density at radius 1 is 1.23 bits per heavy atom. The number of aromatic nitrogens is 2. The summed E-state index contributed by atoms with van der Waals surface area (Å²) < 4.78 is 30.4. The predicted molar refractivity (Wildman–Crippen MR) is 118 cm³/mol. The van der Waals surface area contributed by atoms with Crippen LogP contribution in [0.1, 0.15) is 34.1 Å². The Bertz CT molecular complexity index is 1240. The number of carbonyl (C=O) groups excluding carboxylic acids is 1. The van der Waals surface area contributed by atoms with Gasteiger partial charge < -0.3 is 9.84 Å². The fourth-order valence-electron chi connectivity index (χ4n) is 3.47. The Morgan fingerprint density at radius 3 is 2.48 bits per heavy atom. The molecule has 8 heteroatoms. The smallest absolute Gasteiger partial charge is 0.218 e. The molecule has 0 aliphatic carbocycles. The Kier molecular flexibility index (Phi) is 6.31. The van der Waals surface area contributed by atoms with Crippen molar-refractivity contribution >= 4 is 15.6 Å². The molecule has 0 radical (unpaired) electrons. The van der Waals surface area contributed by atoms with Gasteiger partial charge in [-0.2, -0.15) is 5.10 Å². The lowest BCUT2D eigenvalue weighted by molar-refractivity contribution is 0.103. The highest BCUT2D eigenvalue weighted by atomic mass is 32.2. The third kappa shape index (κ3) is 4.39. The van der Waals surface area contributed by atoms with Crippen LogP contribution in [0.25, 0.3) is 11.1 Å². The van der Waals surface area contributed by atoms with E-state index in [-0.39, 0.29) is 16.3 Å². The highest BCUT2D eigenvalue weighted by Crippen LogP contribution is 2.35. The Labute approximate surface area is 181 Å². The maximum atomic E-state index is 13.2. The Hall–Kier alpha value is -3.39. The lowest BCUT2D eigenvalue weighted by atomic mass is 9.92. The summed E-state index contributed by atoms with van der Waals surface area (Å²) in [5.74, 6) is -0.114. The van der Waals surface area contributed by atoms with Crippen LogP contribution in [-0.4, -0.2) is 42.4 Å². The molecule has 3 aromatic rings. The van der Waals surface area contributed by atoms with Crippen molar-refractivity contribution in [2.45, 2.75) is 25.2 Å². The number of nitrogens with one attached hydrogen (secondary N) is 1. The monoisotopic (exact) mass is 440 g/mol. The summed E-state index contributed by atoms with van der Waals surface area (Å²) in [6.45, 7) is 7.48. The summed E-state index contributed by atoms with van der Waals surface area (Å²) in [6, 6.07) is 9.86. The molecule has 3 rings (SSSR count). The van der Waals surface area contributed by atoms with Crippen molar-refractivity contribution in [3.8, 4) is 22.8 Å². The molecule has 0 saturated heterocycles. The highest BCUT2D eigenvalue weighted by Gasteiger charge is 2.26. The van der Waals surface area contributed by atoms with E-state index in [1.54, 1.807) is 37.3 Å². The first kappa shape index (κ1) is 22.3. The van der Waals surface area contributed by atoms with Gasteiger partial charge in [0.05, 0.1) is 10.6 Å². The molecule has 0 aliphatic heterocycles. The standard InChI is InChI=1S/C23H24N2O5S/c1-5-13-30-16-9-7-15(8-10-16)20-14(3)17(11-12-19(20)31(4,28)29)22(26)21-18(6-2)24-25-23(21)27/h5,7-12H,1,6,13H2,2-4H3,(H2,24,25,27). The zero-order valence-corrected chi connectivity index (χ0v) is 18.4. The van der Waals surface area contributed by atoms with E-state index < -0.39 is 15.6 Å². The van der Waals surface area contributed by atoms with Crippen LogP contribution < -0.4 is 4.74 Å². The first-order valence-corrected chi connectivity index (χ1v) is 11.6. The molecule has 0 aliphatic rings. The van der Waals surface area contributed by atoms with Gasteiger partial charge in [0.1, 0.15) is 17.9 Å². The van der Waals surface area contributed by atoms with Gasteiger partial charge in [-0.25, -0.2) is 13.5 Å². The van der Waals surface area contributed by atoms with Crippen molar-refractivity contribution in [3.63, 3.8) is 0 Å². The number of ether oxygens (including phenoxy) is 1. The van der Waals surface area contributed by atoms with Gasteiger partial charge in [-0.1, -0.05) is 31.7 Å². The largest absolute Gasteiger partial charge is 0.493 e. The lowest BCUT2D eigenvalue weighted by Crippen LogP contribution is -2.10. The van der Waals surface area contributed by atoms with Crippen LogP contribution >= 0.6 is 0 Å². The molecule has 0 amide bonds. The number of sulfone groups is 1. The maximum Gasteiger partial charge on any atom is 0.218 e. The number of aryl methyl sites for hydroxylation is 1. The molecule has 0 bridgehead atoms. The maximum absolute atomic E-state index is 13.2. The van der Waals surface area contributed by atoms with Crippen LogP contribution in [0.15, 0.2) is 53.9 Å². The minimum absolute atomic E-state index is 0.0943. The van der Waals surface area contributed by atoms with Crippen molar-refractivity contribution in [1.82, 2.24) is 10.2 Å². The van der Waals surface area contributed by atoms with E-state index in [1.807, 2.05) is 6.92 Å². The zero-order valence-electron chi connectivity index (χ0n) is 17.6. The van der Waals surface area contributed by atoms with Crippen molar-refractivity contribution in [2.24, 2.45) is 0 Å². The number of hydrogen-bond donors (Lipinski definition) is 2. The number of rotatable bonds is 8. The molecule has 2 N–H and O–H groups in total. The molecule has 31 heavy (non-hydrogen) atoms. The summed E-state index contributed by atoms with van der Waals surface area (Å²) in [5.41, 5.74) is 2.39. The van der Waals surface area contributed by atoms with Gasteiger partial charge in [0.25, 0.3) is 0 Å². The van der Waals surface area contributed by atoms with Gasteiger partial charge in [0.15, 0.2) is 9.84 Å². The summed E-state index contributed by atoms with van der Waals surface area (Å²) in [6.07, 6.45) is 3.22. The molecule has 1 aromatic heterocycles. The molecular weight excluding hydrogens is 416 g/mol. The van der Waals surface area contributed by atoms with Gasteiger partial charge in [0, 0.05) is 17.4 Å². The molecule has 0 saturated carbocycles. The van der Waals surface area contributed by atoms with Crippen LogP contribution in [0.2, 0.25) is 0 Å². The second-order valence-electron chi connectivity index (χ2n) is 7.08. The van der Waals surface area contributed by atoms with Gasteiger partial charge >= 0.3 is 0 Å². The predicted octanol–water partition coefficient (Wildman–Crippen LogP) is 3.85. The first-order chi connectivity index (χ1) is 14.7. The van der Waals surface area contributed by atoms with E-state index in [2.05, 4.69) is 16.8 Å². The number of hydrogen-bond acceptors (Lipinski definition) is 6. The zero-order chi connectivity index (χ0) is 22.8. The van der Waals surface area contributed by atoms with Gasteiger partial charge in [0.2, 0.25) is 11.7 Å². The van der Waals surface area contributed by atoms with Crippen molar-refractivity contribution in [1.29, 1.82) is 0 Å². The van der Waals surface area contributed by atoms with E-state index in [0.29, 0.717) is 46.7 Å². The topological polar surface area (TPSA) is 109 Å². The Morgan fingerprint density at radius 2 is 1.90 bits per heavy atom. The quantitative estimate of drug-likeness (QED) is 0.407. The van der Waals surface area contributed by atoms with Crippen LogP contribution in [0.4, 0.5) is 0 Å². The van der Waals surface area contributed by atoms with Crippen molar-refractivity contribution < 1.29 is 23.1 Å². The van der Waals surface area contributed by atoms with Crippen molar-refractivity contribution in [2.75, 3.05) is 12.9 Å². The third-order valence-electron chi connectivity index (χ3n) is 4.97. The number of nitrogens with zero attached hydrogens (tertiary/aromatic N) is 1. The summed E-state index contributed by atoms with van der Waals surface area (Å²) in [5, 5.41) is 16.5. The van der Waals surface area contributed by atoms with Gasteiger partial charge in [-0.15, -0.1) is 0 Å². The number of H-pyrrole nitrogens is 1. The van der Waals surface area contributed by atoms with Gasteiger partial charge in [-0.05, 0) is 48.7 Å². The van der Waals surface area contributed by atoms with Crippen molar-refractivity contribution in [3.05, 3.63) is 71.4 Å². The number of ketones is 1. The number of aromatic hydroxyl groups is 1. The molecule has 0 atom stereocenters. The molecule has 162 valence electrons. The van der Waals surface area contributed by atoms with Crippen LogP contribution in [0, 0.1) is 6.92 Å². The fourth-order valence-corrected chi connectivity index (χ4v) is 4.43. The second kappa shape index (κ2) is 8.77. The highest BCUT2D eigenvalue weighted by molar-refractivity contribution is 7.90. The van der Waals surface area contributed by atoms with Crippen LogP contribution in [0.5, 0.6) is 11.6 Å². The lowest BCUT2D eigenvalue weighted by Gasteiger charge is -2.16. The molecule has 2 aromatic carbocycles. The Balaban J connectivity index is 2.19. The summed E-state index contributed by atoms with van der Waals surface area (Å²) >= 11 is 0. The SMILES string of the molecule is C=CCOc1ccc(-c2c(S(C)(=O)=O)ccc(C(=O)c3c(CC)n[nH]c3O)c2C)cc1. The summed E-state index contributed by atoms with van der Waals surface area (Å²) in [4.78, 5) is 13.4. The normalized spacial score (nSPS) is 11.3. The second-order valence-corrected chi connectivity index (χ2v) is 9.07. The summed E-state index contributed by atoms with van der Waals surface area (Å²) in [7, 11) is -3.57. The average Bonchev–Trinajstić information content (AvgIpc) is 3.11. The van der Waals surface area contributed by atoms with Crippen LogP contribution in [-0.2, 0) is 16.3 Å². The van der Waals surface area contributed by atoms with Gasteiger partial charge in [-0.3, -0.25) is 4.79 Å². The first-order valence-electron chi connectivity index (χ1n) is 9.67.